The molecule has 1 aromatic carbocycles. The lowest BCUT2D eigenvalue weighted by molar-refractivity contribution is -0.143. The van der Waals surface area contributed by atoms with Gasteiger partial charge in [0.2, 0.25) is 5.91 Å². The minimum atomic E-state index is -0.270. The van der Waals surface area contributed by atoms with E-state index in [1.807, 2.05) is 0 Å². The molecule has 1 amide bonds. The fourth-order valence-corrected chi connectivity index (χ4v) is 1.49. The molecular weight excluding hydrogens is 268 g/mol. The van der Waals surface area contributed by atoms with Crippen LogP contribution in [0, 0.1) is 0 Å². The van der Waals surface area contributed by atoms with Gasteiger partial charge in [-0.2, -0.15) is 0 Å². The smallest absolute Gasteiger partial charge is 0.307 e. The van der Waals surface area contributed by atoms with Gasteiger partial charge in [-0.25, -0.2) is 0 Å². The minimum Gasteiger partial charge on any atom is -0.466 e. The first-order valence-electron chi connectivity index (χ1n) is 6.03. The molecule has 0 radical (unpaired) electrons. The van der Waals surface area contributed by atoms with E-state index in [0.717, 1.165) is 0 Å². The Morgan fingerprint density at radius 2 is 1.95 bits per heavy atom. The van der Waals surface area contributed by atoms with Crippen LogP contribution in [0.1, 0.15) is 13.3 Å². The molecule has 0 saturated heterocycles. The van der Waals surface area contributed by atoms with Crippen LogP contribution < -0.4 is 10.6 Å². The van der Waals surface area contributed by atoms with Crippen molar-refractivity contribution in [3.63, 3.8) is 0 Å². The largest absolute Gasteiger partial charge is 0.466 e. The number of halogens is 1. The molecule has 0 atom stereocenters. The highest BCUT2D eigenvalue weighted by atomic mass is 35.5. The Morgan fingerprint density at radius 3 is 2.58 bits per heavy atom. The molecule has 6 heteroatoms. The van der Waals surface area contributed by atoms with Crippen molar-refractivity contribution < 1.29 is 14.3 Å². The van der Waals surface area contributed by atoms with E-state index in [0.29, 0.717) is 23.9 Å². The van der Waals surface area contributed by atoms with E-state index < -0.39 is 0 Å². The van der Waals surface area contributed by atoms with Gasteiger partial charge in [0, 0.05) is 17.3 Å². The van der Waals surface area contributed by atoms with Crippen LogP contribution in [0.25, 0.3) is 0 Å². The zero-order valence-corrected chi connectivity index (χ0v) is 11.5. The van der Waals surface area contributed by atoms with E-state index in [4.69, 9.17) is 16.3 Å². The Morgan fingerprint density at radius 1 is 1.26 bits per heavy atom. The Labute approximate surface area is 117 Å². The molecule has 0 bridgehead atoms. The molecule has 0 heterocycles. The summed E-state index contributed by atoms with van der Waals surface area (Å²) >= 11 is 5.74. The summed E-state index contributed by atoms with van der Waals surface area (Å²) in [4.78, 5) is 22.6. The second kappa shape index (κ2) is 8.50. The molecule has 1 rings (SSSR count). The predicted molar refractivity (Wildman–Crippen MR) is 74.2 cm³/mol. The summed E-state index contributed by atoms with van der Waals surface area (Å²) in [7, 11) is 0. The van der Waals surface area contributed by atoms with Gasteiger partial charge < -0.3 is 15.4 Å². The third-order valence-corrected chi connectivity index (χ3v) is 2.48. The number of amides is 1. The van der Waals surface area contributed by atoms with Gasteiger partial charge in [-0.05, 0) is 31.2 Å². The number of anilines is 1. The molecule has 19 heavy (non-hydrogen) atoms. The molecular formula is C13H17ClN2O3. The van der Waals surface area contributed by atoms with Gasteiger partial charge in [-0.1, -0.05) is 11.6 Å². The minimum absolute atomic E-state index is 0.141. The number of benzene rings is 1. The predicted octanol–water partition coefficient (Wildman–Crippen LogP) is 1.82. The first-order valence-corrected chi connectivity index (χ1v) is 6.41. The van der Waals surface area contributed by atoms with Gasteiger partial charge in [0.25, 0.3) is 0 Å². The molecule has 0 fully saturated rings. The van der Waals surface area contributed by atoms with Gasteiger partial charge in [-0.3, -0.25) is 9.59 Å². The van der Waals surface area contributed by atoms with Crippen molar-refractivity contribution >= 4 is 29.2 Å². The molecule has 0 aliphatic rings. The lowest BCUT2D eigenvalue weighted by Crippen LogP contribution is -2.29. The third kappa shape index (κ3) is 6.79. The molecule has 5 nitrogen and oxygen atoms in total. The number of ether oxygens (including phenoxy) is 1. The maximum atomic E-state index is 11.5. The number of esters is 1. The van der Waals surface area contributed by atoms with Crippen LogP contribution in [0.15, 0.2) is 24.3 Å². The first kappa shape index (κ1) is 15.5. The van der Waals surface area contributed by atoms with Gasteiger partial charge in [0.05, 0.1) is 19.6 Å². The van der Waals surface area contributed by atoms with Crippen LogP contribution in [0.5, 0.6) is 0 Å². The van der Waals surface area contributed by atoms with E-state index in [2.05, 4.69) is 10.6 Å². The highest BCUT2D eigenvalue weighted by Crippen LogP contribution is 2.12. The van der Waals surface area contributed by atoms with Gasteiger partial charge in [0.15, 0.2) is 0 Å². The van der Waals surface area contributed by atoms with Gasteiger partial charge in [-0.15, -0.1) is 0 Å². The first-order chi connectivity index (χ1) is 9.11. The summed E-state index contributed by atoms with van der Waals surface area (Å²) in [6.07, 6.45) is 0.252. The number of nitrogens with one attached hydrogen (secondary N) is 2. The van der Waals surface area contributed by atoms with Crippen molar-refractivity contribution in [3.05, 3.63) is 29.3 Å². The molecule has 0 aliphatic carbocycles. The fraction of sp³-hybridized carbons (Fsp3) is 0.385. The Hall–Kier alpha value is -1.59. The van der Waals surface area contributed by atoms with Crippen molar-refractivity contribution in [2.24, 2.45) is 0 Å². The maximum absolute atomic E-state index is 11.5. The fourth-order valence-electron chi connectivity index (χ4n) is 1.36. The molecule has 0 saturated carbocycles. The van der Waals surface area contributed by atoms with E-state index in [-0.39, 0.29) is 24.8 Å². The highest BCUT2D eigenvalue weighted by Gasteiger charge is 2.04. The Bertz CT molecular complexity index is 420. The summed E-state index contributed by atoms with van der Waals surface area (Å²) < 4.78 is 4.76. The zero-order chi connectivity index (χ0) is 14.1. The number of hydrogen-bond donors (Lipinski definition) is 2. The number of hydrogen-bond acceptors (Lipinski definition) is 4. The Kier molecular flexibility index (Phi) is 6.92. The normalized spacial score (nSPS) is 10.0. The molecule has 0 unspecified atom stereocenters. The zero-order valence-electron chi connectivity index (χ0n) is 10.7. The second-order valence-electron chi connectivity index (χ2n) is 3.79. The number of carbonyl (C=O) groups excluding carboxylic acids is 2. The SMILES string of the molecule is CCOC(=O)CCNCC(=O)Nc1ccc(Cl)cc1. The van der Waals surface area contributed by atoms with Crippen LogP contribution in [-0.2, 0) is 14.3 Å². The average Bonchev–Trinajstić information content (AvgIpc) is 2.38. The second-order valence-corrected chi connectivity index (χ2v) is 4.22. The van der Waals surface area contributed by atoms with E-state index in [1.165, 1.54) is 0 Å². The topological polar surface area (TPSA) is 67.4 Å². The van der Waals surface area contributed by atoms with E-state index in [1.54, 1.807) is 31.2 Å². The Balaban J connectivity index is 2.18. The van der Waals surface area contributed by atoms with Crippen LogP contribution in [0.3, 0.4) is 0 Å². The van der Waals surface area contributed by atoms with Crippen molar-refractivity contribution in [2.75, 3.05) is 25.0 Å². The summed E-state index contributed by atoms with van der Waals surface area (Å²) in [6, 6.07) is 6.84. The maximum Gasteiger partial charge on any atom is 0.307 e. The molecule has 0 aromatic heterocycles. The van der Waals surface area contributed by atoms with E-state index >= 15 is 0 Å². The third-order valence-electron chi connectivity index (χ3n) is 2.22. The quantitative estimate of drug-likeness (QED) is 0.592. The van der Waals surface area contributed by atoms with E-state index in [9.17, 15) is 9.59 Å². The summed E-state index contributed by atoms with van der Waals surface area (Å²) in [5.41, 5.74) is 0.682. The molecule has 104 valence electrons. The molecule has 2 N–H and O–H groups in total. The van der Waals surface area contributed by atoms with Gasteiger partial charge in [0.1, 0.15) is 0 Å². The highest BCUT2D eigenvalue weighted by molar-refractivity contribution is 6.30. The lowest BCUT2D eigenvalue weighted by Gasteiger charge is -2.06. The summed E-state index contributed by atoms with van der Waals surface area (Å²) in [5, 5.41) is 6.19. The van der Waals surface area contributed by atoms with Gasteiger partial charge >= 0.3 is 5.97 Å². The van der Waals surface area contributed by atoms with Crippen LogP contribution in [-0.4, -0.2) is 31.6 Å². The van der Waals surface area contributed by atoms with Crippen molar-refractivity contribution in [1.29, 1.82) is 0 Å². The monoisotopic (exact) mass is 284 g/mol. The standard InChI is InChI=1S/C13H17ClN2O3/c1-2-19-13(18)7-8-15-9-12(17)16-11-5-3-10(14)4-6-11/h3-6,15H,2,7-9H2,1H3,(H,16,17). The molecule has 1 aromatic rings. The van der Waals surface area contributed by atoms with Crippen molar-refractivity contribution in [3.8, 4) is 0 Å². The van der Waals surface area contributed by atoms with Crippen molar-refractivity contribution in [1.82, 2.24) is 5.32 Å². The summed E-state index contributed by atoms with van der Waals surface area (Å²) in [5.74, 6) is -0.445. The summed E-state index contributed by atoms with van der Waals surface area (Å²) in [6.45, 7) is 2.68. The van der Waals surface area contributed by atoms with Crippen LogP contribution in [0.4, 0.5) is 5.69 Å². The number of carbonyl (C=O) groups is 2. The molecule has 0 aliphatic heterocycles. The van der Waals surface area contributed by atoms with Crippen molar-refractivity contribution in [2.45, 2.75) is 13.3 Å². The lowest BCUT2D eigenvalue weighted by atomic mass is 10.3. The number of rotatable bonds is 7. The molecule has 0 spiro atoms. The average molecular weight is 285 g/mol. The van der Waals surface area contributed by atoms with Crippen LogP contribution in [0.2, 0.25) is 5.02 Å². The van der Waals surface area contributed by atoms with Crippen LogP contribution >= 0.6 is 11.6 Å².